The van der Waals surface area contributed by atoms with Gasteiger partial charge in [-0.3, -0.25) is 15.1 Å². The van der Waals surface area contributed by atoms with Gasteiger partial charge < -0.3 is 29.7 Å². The van der Waals surface area contributed by atoms with Crippen molar-refractivity contribution in [2.24, 2.45) is 0 Å². The SMILES string of the molecule is COC(=O)N(C)c1ccc(OC)c(-c2cc(C(=N)C(=O)Nc3ccc(C#N)cc3C(=O)O)c(O)cc2OC)c1. The largest absolute Gasteiger partial charge is 0.507 e. The summed E-state index contributed by atoms with van der Waals surface area (Å²) in [5, 5.41) is 39.9. The van der Waals surface area contributed by atoms with Gasteiger partial charge in [-0.25, -0.2) is 9.59 Å². The summed E-state index contributed by atoms with van der Waals surface area (Å²) in [6.07, 6.45) is -0.619. The summed E-state index contributed by atoms with van der Waals surface area (Å²) in [7, 11) is 5.55. The molecular formula is C27H24N4O8. The molecule has 0 heterocycles. The van der Waals surface area contributed by atoms with E-state index in [4.69, 9.17) is 24.9 Å². The third-order valence-corrected chi connectivity index (χ3v) is 5.75. The Morgan fingerprint density at radius 1 is 0.949 bits per heavy atom. The molecule has 0 spiro atoms. The van der Waals surface area contributed by atoms with Gasteiger partial charge in [-0.2, -0.15) is 5.26 Å². The number of nitriles is 1. The van der Waals surface area contributed by atoms with Crippen molar-refractivity contribution >= 4 is 35.1 Å². The number of amides is 2. The lowest BCUT2D eigenvalue weighted by Gasteiger charge is -2.20. The zero-order valence-corrected chi connectivity index (χ0v) is 21.4. The lowest BCUT2D eigenvalue weighted by atomic mass is 9.97. The monoisotopic (exact) mass is 532 g/mol. The average molecular weight is 533 g/mol. The molecule has 0 atom stereocenters. The smallest absolute Gasteiger partial charge is 0.413 e. The van der Waals surface area contributed by atoms with Crippen molar-refractivity contribution in [3.05, 3.63) is 65.2 Å². The molecule has 12 heteroatoms. The molecule has 0 unspecified atom stereocenters. The van der Waals surface area contributed by atoms with Crippen LogP contribution in [0.25, 0.3) is 11.1 Å². The maximum atomic E-state index is 13.0. The number of carbonyl (C=O) groups is 3. The van der Waals surface area contributed by atoms with Crippen LogP contribution in [0.2, 0.25) is 0 Å². The number of ether oxygens (including phenoxy) is 3. The van der Waals surface area contributed by atoms with Crippen LogP contribution < -0.4 is 19.7 Å². The number of nitrogens with zero attached hydrogens (tertiary/aromatic N) is 2. The molecular weight excluding hydrogens is 508 g/mol. The Hall–Kier alpha value is -5.57. The lowest BCUT2D eigenvalue weighted by Crippen LogP contribution is -2.25. The molecule has 0 saturated carbocycles. The first-order chi connectivity index (χ1) is 18.6. The van der Waals surface area contributed by atoms with E-state index >= 15 is 0 Å². The molecule has 0 fully saturated rings. The first kappa shape index (κ1) is 28.0. The van der Waals surface area contributed by atoms with E-state index in [1.165, 1.54) is 57.5 Å². The van der Waals surface area contributed by atoms with Crippen LogP contribution in [0.5, 0.6) is 17.2 Å². The Bertz CT molecular complexity index is 1530. The number of carbonyl (C=O) groups excluding carboxylic acids is 2. The van der Waals surface area contributed by atoms with E-state index in [1.54, 1.807) is 18.2 Å². The van der Waals surface area contributed by atoms with Crippen molar-refractivity contribution in [1.82, 2.24) is 0 Å². The van der Waals surface area contributed by atoms with Crippen LogP contribution in [0.3, 0.4) is 0 Å². The number of carboxylic acids is 1. The Morgan fingerprint density at radius 3 is 2.21 bits per heavy atom. The quantitative estimate of drug-likeness (QED) is 0.313. The number of hydrogen-bond acceptors (Lipinski definition) is 9. The van der Waals surface area contributed by atoms with Crippen LogP contribution >= 0.6 is 0 Å². The maximum Gasteiger partial charge on any atom is 0.413 e. The highest BCUT2D eigenvalue weighted by atomic mass is 16.5. The Balaban J connectivity index is 2.08. The number of carboxylic acid groups (broad SMARTS) is 1. The third kappa shape index (κ3) is 5.72. The molecule has 0 aliphatic carbocycles. The second-order valence-corrected chi connectivity index (χ2v) is 7.99. The van der Waals surface area contributed by atoms with Crippen molar-refractivity contribution in [1.29, 1.82) is 10.7 Å². The van der Waals surface area contributed by atoms with Gasteiger partial charge in [0, 0.05) is 35.5 Å². The van der Waals surface area contributed by atoms with Gasteiger partial charge in [0.1, 0.15) is 23.0 Å². The predicted molar refractivity (Wildman–Crippen MR) is 141 cm³/mol. The molecule has 0 bridgehead atoms. The van der Waals surface area contributed by atoms with E-state index in [9.17, 15) is 24.6 Å². The van der Waals surface area contributed by atoms with Crippen LogP contribution in [-0.4, -0.2) is 62.3 Å². The molecule has 0 radical (unpaired) electrons. The molecule has 2 amide bonds. The van der Waals surface area contributed by atoms with E-state index in [2.05, 4.69) is 5.32 Å². The number of nitrogens with one attached hydrogen (secondary N) is 2. The highest BCUT2D eigenvalue weighted by Gasteiger charge is 2.24. The molecule has 0 aromatic heterocycles. The van der Waals surface area contributed by atoms with Crippen molar-refractivity contribution in [3.63, 3.8) is 0 Å². The topological polar surface area (TPSA) is 182 Å². The number of aromatic hydroxyl groups is 1. The molecule has 39 heavy (non-hydrogen) atoms. The number of anilines is 2. The first-order valence-electron chi connectivity index (χ1n) is 11.1. The zero-order chi connectivity index (χ0) is 28.9. The molecule has 3 aromatic carbocycles. The minimum atomic E-state index is -1.38. The zero-order valence-electron chi connectivity index (χ0n) is 21.4. The van der Waals surface area contributed by atoms with Crippen molar-refractivity contribution in [2.75, 3.05) is 38.6 Å². The van der Waals surface area contributed by atoms with Gasteiger partial charge in [0.2, 0.25) is 0 Å². The average Bonchev–Trinajstić information content (AvgIpc) is 2.95. The van der Waals surface area contributed by atoms with Crippen LogP contribution in [0, 0.1) is 16.7 Å². The van der Waals surface area contributed by atoms with Gasteiger partial charge in [-0.05, 0) is 42.5 Å². The summed E-state index contributed by atoms with van der Waals surface area (Å²) in [5.74, 6) is -2.30. The Morgan fingerprint density at radius 2 is 1.62 bits per heavy atom. The Kier molecular flexibility index (Phi) is 8.37. The number of phenolic OH excluding ortho intramolecular Hbond substituents is 1. The van der Waals surface area contributed by atoms with E-state index < -0.39 is 29.4 Å². The minimum absolute atomic E-state index is 0.0759. The van der Waals surface area contributed by atoms with Gasteiger partial charge in [0.15, 0.2) is 0 Å². The normalized spacial score (nSPS) is 10.1. The van der Waals surface area contributed by atoms with Gasteiger partial charge in [0.25, 0.3) is 5.91 Å². The summed E-state index contributed by atoms with van der Waals surface area (Å²) in [6.45, 7) is 0. The molecule has 0 aliphatic heterocycles. The van der Waals surface area contributed by atoms with Gasteiger partial charge >= 0.3 is 12.1 Å². The number of hydrogen-bond donors (Lipinski definition) is 4. The predicted octanol–water partition coefficient (Wildman–Crippen LogP) is 3.86. The van der Waals surface area contributed by atoms with Crippen molar-refractivity contribution in [2.45, 2.75) is 0 Å². The molecule has 12 nitrogen and oxygen atoms in total. The fourth-order valence-corrected chi connectivity index (χ4v) is 3.71. The second kappa shape index (κ2) is 11.7. The highest BCUT2D eigenvalue weighted by molar-refractivity contribution is 6.48. The summed E-state index contributed by atoms with van der Waals surface area (Å²) in [4.78, 5) is 37.9. The van der Waals surface area contributed by atoms with Crippen LogP contribution in [0.1, 0.15) is 21.5 Å². The van der Waals surface area contributed by atoms with E-state index in [0.717, 1.165) is 6.07 Å². The number of aromatic carboxylic acids is 1. The summed E-state index contributed by atoms with van der Waals surface area (Å²) < 4.78 is 15.7. The van der Waals surface area contributed by atoms with E-state index in [0.29, 0.717) is 22.6 Å². The summed E-state index contributed by atoms with van der Waals surface area (Å²) >= 11 is 0. The van der Waals surface area contributed by atoms with Gasteiger partial charge in [0.05, 0.1) is 44.2 Å². The molecule has 3 rings (SSSR count). The number of rotatable bonds is 8. The van der Waals surface area contributed by atoms with Crippen molar-refractivity contribution in [3.8, 4) is 34.4 Å². The Labute approximate surface area is 223 Å². The number of benzene rings is 3. The lowest BCUT2D eigenvalue weighted by molar-refractivity contribution is -0.110. The van der Waals surface area contributed by atoms with Gasteiger partial charge in [-0.1, -0.05) is 0 Å². The molecule has 4 N–H and O–H groups in total. The first-order valence-corrected chi connectivity index (χ1v) is 11.1. The fraction of sp³-hybridized carbons (Fsp3) is 0.148. The van der Waals surface area contributed by atoms with Gasteiger partial charge in [-0.15, -0.1) is 0 Å². The molecule has 0 saturated heterocycles. The van der Waals surface area contributed by atoms with Crippen LogP contribution in [0.15, 0.2) is 48.5 Å². The molecule has 3 aromatic rings. The molecule has 0 aliphatic rings. The van der Waals surface area contributed by atoms with E-state index in [-0.39, 0.29) is 28.1 Å². The van der Waals surface area contributed by atoms with Crippen molar-refractivity contribution < 1.29 is 38.8 Å². The minimum Gasteiger partial charge on any atom is -0.507 e. The second-order valence-electron chi connectivity index (χ2n) is 7.99. The van der Waals surface area contributed by atoms with Crippen LogP contribution in [-0.2, 0) is 9.53 Å². The maximum absolute atomic E-state index is 13.0. The number of phenols is 1. The highest BCUT2D eigenvalue weighted by Crippen LogP contribution is 2.42. The van der Waals surface area contributed by atoms with E-state index in [1.807, 2.05) is 6.07 Å². The summed E-state index contributed by atoms with van der Waals surface area (Å²) in [5.41, 5.74) is -0.102. The standard InChI is InChI=1S/C27H24N4O8/c1-31(27(36)39-4)15-6-8-22(37-2)16(10-15)17-11-19(21(32)12-23(17)38-3)24(29)25(33)30-20-7-5-14(13-28)9-18(20)26(34)35/h5-12,29,32H,1-4H3,(H,30,33)(H,34,35). The summed E-state index contributed by atoms with van der Waals surface area (Å²) in [6, 6.07) is 12.9. The number of methoxy groups -OCH3 is 3. The molecule has 200 valence electrons. The fourth-order valence-electron chi connectivity index (χ4n) is 3.71. The van der Waals surface area contributed by atoms with Crippen LogP contribution in [0.4, 0.5) is 16.2 Å². The third-order valence-electron chi connectivity index (χ3n) is 5.75.